The van der Waals surface area contributed by atoms with Gasteiger partial charge >= 0.3 is 0 Å². The highest BCUT2D eigenvalue weighted by molar-refractivity contribution is 6.31. The van der Waals surface area contributed by atoms with Crippen LogP contribution < -0.4 is 16.0 Å². The van der Waals surface area contributed by atoms with Gasteiger partial charge in [0, 0.05) is 11.6 Å². The summed E-state index contributed by atoms with van der Waals surface area (Å²) in [5.41, 5.74) is 0.873. The summed E-state index contributed by atoms with van der Waals surface area (Å²) in [5, 5.41) is 9.04. The fraction of sp³-hybridized carbons (Fsp3) is 0.385. The molecule has 102 valence electrons. The van der Waals surface area contributed by atoms with Gasteiger partial charge in [0.05, 0.1) is 12.6 Å². The van der Waals surface area contributed by atoms with E-state index in [-0.39, 0.29) is 24.4 Å². The first-order valence-corrected chi connectivity index (χ1v) is 6.50. The van der Waals surface area contributed by atoms with Crippen molar-refractivity contribution in [3.05, 3.63) is 34.9 Å². The highest BCUT2D eigenvalue weighted by Crippen LogP contribution is 2.22. The fourth-order valence-electron chi connectivity index (χ4n) is 1.97. The minimum Gasteiger partial charge on any atom is -0.353 e. The van der Waals surface area contributed by atoms with Crippen molar-refractivity contribution >= 4 is 23.4 Å². The highest BCUT2D eigenvalue weighted by Gasteiger charge is 2.25. The molecule has 2 rings (SSSR count). The van der Waals surface area contributed by atoms with Gasteiger partial charge in [-0.1, -0.05) is 29.8 Å². The Morgan fingerprint density at radius 1 is 1.47 bits per heavy atom. The number of carbonyl (C=O) groups excluding carboxylic acids is 2. The van der Waals surface area contributed by atoms with Crippen LogP contribution in [0.2, 0.25) is 5.02 Å². The molecule has 19 heavy (non-hydrogen) atoms. The largest absolute Gasteiger partial charge is 0.353 e. The van der Waals surface area contributed by atoms with Gasteiger partial charge in [-0.05, 0) is 18.6 Å². The van der Waals surface area contributed by atoms with E-state index in [0.29, 0.717) is 11.6 Å². The second-order valence-corrected chi connectivity index (χ2v) is 4.90. The van der Waals surface area contributed by atoms with Crippen LogP contribution in [0.15, 0.2) is 24.3 Å². The van der Waals surface area contributed by atoms with Crippen molar-refractivity contribution in [3.63, 3.8) is 0 Å². The molecule has 2 atom stereocenters. The van der Waals surface area contributed by atoms with E-state index < -0.39 is 6.04 Å². The Kier molecular flexibility index (Phi) is 4.39. The Labute approximate surface area is 116 Å². The molecule has 3 N–H and O–H groups in total. The molecule has 0 spiro atoms. The van der Waals surface area contributed by atoms with Crippen LogP contribution in [0.3, 0.4) is 0 Å². The summed E-state index contributed by atoms with van der Waals surface area (Å²) in [6, 6.07) is 6.81. The van der Waals surface area contributed by atoms with Gasteiger partial charge in [-0.25, -0.2) is 0 Å². The molecule has 1 heterocycles. The third-order valence-electron chi connectivity index (χ3n) is 3.06. The van der Waals surface area contributed by atoms with Crippen molar-refractivity contribution in [2.24, 2.45) is 0 Å². The summed E-state index contributed by atoms with van der Waals surface area (Å²) in [6.45, 7) is 2.35. The second kappa shape index (κ2) is 6.04. The van der Waals surface area contributed by atoms with Crippen LogP contribution in [0, 0.1) is 0 Å². The van der Waals surface area contributed by atoms with Gasteiger partial charge in [0.1, 0.15) is 6.04 Å². The van der Waals surface area contributed by atoms with Gasteiger partial charge in [-0.3, -0.25) is 14.9 Å². The van der Waals surface area contributed by atoms with Crippen LogP contribution >= 0.6 is 11.6 Å². The van der Waals surface area contributed by atoms with Gasteiger partial charge in [-0.15, -0.1) is 0 Å². The number of benzene rings is 1. The van der Waals surface area contributed by atoms with Crippen LogP contribution in [-0.4, -0.2) is 30.9 Å². The van der Waals surface area contributed by atoms with E-state index >= 15 is 0 Å². The highest BCUT2D eigenvalue weighted by atomic mass is 35.5. The lowest BCUT2D eigenvalue weighted by Gasteiger charge is -2.25. The average Bonchev–Trinajstić information content (AvgIpc) is 2.39. The predicted octanol–water partition coefficient (Wildman–Crippen LogP) is 0.605. The summed E-state index contributed by atoms with van der Waals surface area (Å²) in [7, 11) is 0. The zero-order chi connectivity index (χ0) is 13.8. The molecular formula is C13H16ClN3O2. The molecule has 1 fully saturated rings. The third kappa shape index (κ3) is 3.45. The summed E-state index contributed by atoms with van der Waals surface area (Å²) >= 11 is 6.08. The van der Waals surface area contributed by atoms with Gasteiger partial charge < -0.3 is 10.6 Å². The summed E-state index contributed by atoms with van der Waals surface area (Å²) in [4.78, 5) is 23.0. The average molecular weight is 282 g/mol. The lowest BCUT2D eigenvalue weighted by atomic mass is 10.1. The van der Waals surface area contributed by atoms with E-state index in [9.17, 15) is 9.59 Å². The first kappa shape index (κ1) is 13.8. The Bertz CT molecular complexity index is 483. The number of amides is 2. The molecule has 1 aromatic rings. The van der Waals surface area contributed by atoms with E-state index in [1.165, 1.54) is 0 Å². The van der Waals surface area contributed by atoms with Gasteiger partial charge in [0.25, 0.3) is 0 Å². The van der Waals surface area contributed by atoms with E-state index in [4.69, 9.17) is 11.6 Å². The van der Waals surface area contributed by atoms with Gasteiger partial charge in [0.15, 0.2) is 0 Å². The molecule has 0 aliphatic carbocycles. The van der Waals surface area contributed by atoms with E-state index in [2.05, 4.69) is 16.0 Å². The maximum absolute atomic E-state index is 12.0. The first-order chi connectivity index (χ1) is 9.08. The molecule has 2 amide bonds. The number of halogens is 1. The van der Waals surface area contributed by atoms with E-state index in [1.807, 2.05) is 25.1 Å². The van der Waals surface area contributed by atoms with Crippen LogP contribution in [-0.2, 0) is 9.59 Å². The van der Waals surface area contributed by atoms with Crippen LogP contribution in [0.1, 0.15) is 18.5 Å². The molecule has 1 saturated heterocycles. The number of nitrogens with one attached hydrogen (secondary N) is 3. The quantitative estimate of drug-likeness (QED) is 0.760. The third-order valence-corrected chi connectivity index (χ3v) is 3.40. The van der Waals surface area contributed by atoms with Crippen LogP contribution in [0.4, 0.5) is 0 Å². The molecule has 1 aromatic carbocycles. The van der Waals surface area contributed by atoms with Crippen molar-refractivity contribution in [2.45, 2.75) is 19.0 Å². The maximum atomic E-state index is 12.0. The van der Waals surface area contributed by atoms with E-state index in [0.717, 1.165) is 5.56 Å². The number of piperazine rings is 1. The molecule has 0 saturated carbocycles. The van der Waals surface area contributed by atoms with Gasteiger partial charge in [0.2, 0.25) is 11.8 Å². The van der Waals surface area contributed by atoms with Crippen molar-refractivity contribution < 1.29 is 9.59 Å². The molecule has 0 aromatic heterocycles. The fourth-order valence-corrected chi connectivity index (χ4v) is 2.27. The first-order valence-electron chi connectivity index (χ1n) is 6.13. The lowest BCUT2D eigenvalue weighted by molar-refractivity contribution is -0.127. The summed E-state index contributed by atoms with van der Waals surface area (Å²) in [6.07, 6.45) is 0. The SMILES string of the molecule is C[C@@H](NC(=O)C1CNC(=O)CN1)c1ccccc1Cl. The molecule has 0 radical (unpaired) electrons. The number of carbonyl (C=O) groups is 2. The van der Waals surface area contributed by atoms with Crippen molar-refractivity contribution in [1.29, 1.82) is 0 Å². The molecule has 1 aliphatic rings. The zero-order valence-corrected chi connectivity index (χ0v) is 11.3. The topological polar surface area (TPSA) is 70.2 Å². The van der Waals surface area contributed by atoms with Crippen molar-refractivity contribution in [1.82, 2.24) is 16.0 Å². The Morgan fingerprint density at radius 2 is 2.21 bits per heavy atom. The molecule has 1 unspecified atom stereocenters. The molecule has 1 aliphatic heterocycles. The number of hydrogen-bond acceptors (Lipinski definition) is 3. The molecular weight excluding hydrogens is 266 g/mol. The number of hydrogen-bond donors (Lipinski definition) is 3. The molecule has 6 heteroatoms. The predicted molar refractivity (Wildman–Crippen MR) is 72.8 cm³/mol. The molecule has 5 nitrogen and oxygen atoms in total. The van der Waals surface area contributed by atoms with Crippen molar-refractivity contribution in [3.8, 4) is 0 Å². The van der Waals surface area contributed by atoms with Crippen LogP contribution in [0.5, 0.6) is 0 Å². The minimum absolute atomic E-state index is 0.0943. The summed E-state index contributed by atoms with van der Waals surface area (Å²) in [5.74, 6) is -0.240. The van der Waals surface area contributed by atoms with Crippen LogP contribution in [0.25, 0.3) is 0 Å². The molecule has 0 bridgehead atoms. The summed E-state index contributed by atoms with van der Waals surface area (Å²) < 4.78 is 0. The smallest absolute Gasteiger partial charge is 0.239 e. The zero-order valence-electron chi connectivity index (χ0n) is 10.6. The Balaban J connectivity index is 1.95. The normalized spacial score (nSPS) is 20.5. The monoisotopic (exact) mass is 281 g/mol. The van der Waals surface area contributed by atoms with Crippen molar-refractivity contribution in [2.75, 3.05) is 13.1 Å². The van der Waals surface area contributed by atoms with E-state index in [1.54, 1.807) is 6.07 Å². The van der Waals surface area contributed by atoms with Gasteiger partial charge in [-0.2, -0.15) is 0 Å². The Morgan fingerprint density at radius 3 is 2.84 bits per heavy atom. The second-order valence-electron chi connectivity index (χ2n) is 4.49. The maximum Gasteiger partial charge on any atom is 0.239 e. The standard InChI is InChI=1S/C13H16ClN3O2/c1-8(9-4-2-3-5-10(9)14)17-13(19)11-6-16-12(18)7-15-11/h2-5,8,11,15H,6-7H2,1H3,(H,16,18)(H,17,19)/t8-,11?/m1/s1. The minimum atomic E-state index is -0.400. The number of rotatable bonds is 3. The lowest BCUT2D eigenvalue weighted by Crippen LogP contribution is -2.58. The Hall–Kier alpha value is -1.59.